The van der Waals surface area contributed by atoms with E-state index in [0.717, 1.165) is 0 Å². The van der Waals surface area contributed by atoms with E-state index in [2.05, 4.69) is 5.32 Å². The highest BCUT2D eigenvalue weighted by atomic mass is 19.1. The maximum absolute atomic E-state index is 14.1. The van der Waals surface area contributed by atoms with E-state index in [0.29, 0.717) is 6.42 Å². The SMILES string of the molecule is CCC1(CO)OC(N2C=CC(=O)NC2)C(F)C1O. The zero-order chi connectivity index (χ0) is 13.3. The van der Waals surface area contributed by atoms with Crippen LogP contribution < -0.4 is 5.32 Å². The van der Waals surface area contributed by atoms with Crippen molar-refractivity contribution in [3.63, 3.8) is 0 Å². The first-order valence-corrected chi connectivity index (χ1v) is 5.86. The summed E-state index contributed by atoms with van der Waals surface area (Å²) in [7, 11) is 0. The van der Waals surface area contributed by atoms with E-state index in [-0.39, 0.29) is 12.6 Å². The number of carbonyl (C=O) groups is 1. The van der Waals surface area contributed by atoms with Gasteiger partial charge in [-0.2, -0.15) is 0 Å². The number of halogens is 1. The van der Waals surface area contributed by atoms with E-state index < -0.39 is 30.7 Å². The molecule has 6 nitrogen and oxygen atoms in total. The molecule has 4 atom stereocenters. The minimum Gasteiger partial charge on any atom is -0.393 e. The molecule has 4 unspecified atom stereocenters. The van der Waals surface area contributed by atoms with Crippen molar-refractivity contribution in [2.75, 3.05) is 13.3 Å². The van der Waals surface area contributed by atoms with E-state index in [1.165, 1.54) is 17.2 Å². The molecule has 1 amide bonds. The molecule has 18 heavy (non-hydrogen) atoms. The fourth-order valence-electron chi connectivity index (χ4n) is 2.23. The number of alkyl halides is 1. The molecule has 3 N–H and O–H groups in total. The minimum atomic E-state index is -1.64. The first-order valence-electron chi connectivity index (χ1n) is 5.86. The van der Waals surface area contributed by atoms with Gasteiger partial charge in [0.05, 0.1) is 13.3 Å². The Morgan fingerprint density at radius 2 is 2.44 bits per heavy atom. The van der Waals surface area contributed by atoms with E-state index in [9.17, 15) is 19.4 Å². The average Bonchev–Trinajstić information content (AvgIpc) is 2.65. The van der Waals surface area contributed by atoms with E-state index in [1.807, 2.05) is 0 Å². The Morgan fingerprint density at radius 3 is 2.89 bits per heavy atom. The van der Waals surface area contributed by atoms with Gasteiger partial charge in [0.1, 0.15) is 11.7 Å². The second kappa shape index (κ2) is 4.83. The quantitative estimate of drug-likeness (QED) is 0.612. The van der Waals surface area contributed by atoms with E-state index >= 15 is 0 Å². The maximum atomic E-state index is 14.1. The largest absolute Gasteiger partial charge is 0.393 e. The molecule has 0 aromatic rings. The van der Waals surface area contributed by atoms with Gasteiger partial charge in [0, 0.05) is 12.3 Å². The standard InChI is InChI=1S/C11H17FN2O4/c1-2-11(5-15)9(17)8(12)10(18-11)14-4-3-7(16)13-6-14/h3-4,8-10,15,17H,2,5-6H2,1H3,(H,13,16). The van der Waals surface area contributed by atoms with Gasteiger partial charge in [-0.1, -0.05) is 6.92 Å². The van der Waals surface area contributed by atoms with Crippen molar-refractivity contribution in [1.82, 2.24) is 10.2 Å². The first-order chi connectivity index (χ1) is 8.54. The van der Waals surface area contributed by atoms with Crippen LogP contribution in [0.4, 0.5) is 4.39 Å². The Hall–Kier alpha value is -1.18. The molecule has 0 aliphatic carbocycles. The average molecular weight is 260 g/mol. The predicted octanol–water partition coefficient (Wildman–Crippen LogP) is -0.914. The predicted molar refractivity (Wildman–Crippen MR) is 59.9 cm³/mol. The van der Waals surface area contributed by atoms with Gasteiger partial charge < -0.3 is 25.2 Å². The topological polar surface area (TPSA) is 82.0 Å². The van der Waals surface area contributed by atoms with Crippen LogP contribution in [0.2, 0.25) is 0 Å². The molecule has 0 radical (unpaired) electrons. The maximum Gasteiger partial charge on any atom is 0.246 e. The van der Waals surface area contributed by atoms with Gasteiger partial charge in [0.25, 0.3) is 0 Å². The van der Waals surface area contributed by atoms with Crippen molar-refractivity contribution >= 4 is 5.91 Å². The van der Waals surface area contributed by atoms with Crippen LogP contribution in [0, 0.1) is 0 Å². The molecule has 2 heterocycles. The lowest BCUT2D eigenvalue weighted by Gasteiger charge is -2.32. The van der Waals surface area contributed by atoms with E-state index in [1.54, 1.807) is 6.92 Å². The smallest absolute Gasteiger partial charge is 0.246 e. The summed E-state index contributed by atoms with van der Waals surface area (Å²) in [5.41, 5.74) is -1.28. The summed E-state index contributed by atoms with van der Waals surface area (Å²) in [4.78, 5) is 12.4. The minimum absolute atomic E-state index is 0.109. The number of amides is 1. The molecule has 2 aliphatic rings. The molecule has 0 aromatic carbocycles. The highest BCUT2D eigenvalue weighted by molar-refractivity contribution is 5.87. The Labute approximate surface area is 104 Å². The zero-order valence-corrected chi connectivity index (χ0v) is 10.0. The summed E-state index contributed by atoms with van der Waals surface area (Å²) in [6, 6.07) is 0. The number of rotatable bonds is 3. The van der Waals surface area contributed by atoms with Crippen molar-refractivity contribution in [3.05, 3.63) is 12.3 Å². The Morgan fingerprint density at radius 1 is 1.72 bits per heavy atom. The van der Waals surface area contributed by atoms with Crippen LogP contribution >= 0.6 is 0 Å². The second-order valence-electron chi connectivity index (χ2n) is 4.50. The van der Waals surface area contributed by atoms with Crippen molar-refractivity contribution in [1.29, 1.82) is 0 Å². The molecular formula is C11H17FN2O4. The lowest BCUT2D eigenvalue weighted by atomic mass is 9.94. The van der Waals surface area contributed by atoms with Crippen LogP contribution in [0.3, 0.4) is 0 Å². The van der Waals surface area contributed by atoms with Crippen molar-refractivity contribution < 1.29 is 24.1 Å². The number of nitrogens with zero attached hydrogens (tertiary/aromatic N) is 1. The third-order valence-corrected chi connectivity index (χ3v) is 3.51. The first kappa shape index (κ1) is 13.3. The molecule has 0 bridgehead atoms. The lowest BCUT2D eigenvalue weighted by Crippen LogP contribution is -2.47. The summed E-state index contributed by atoms with van der Waals surface area (Å²) in [6.45, 7) is 1.37. The zero-order valence-electron chi connectivity index (χ0n) is 10.0. The molecule has 1 fully saturated rings. The molecule has 2 aliphatic heterocycles. The van der Waals surface area contributed by atoms with Crippen LogP contribution in [0.25, 0.3) is 0 Å². The Bertz CT molecular complexity index is 359. The Balaban J connectivity index is 2.16. The third kappa shape index (κ3) is 1.98. The fraction of sp³-hybridized carbons (Fsp3) is 0.727. The molecule has 7 heteroatoms. The highest BCUT2D eigenvalue weighted by Crippen LogP contribution is 2.37. The summed E-state index contributed by atoms with van der Waals surface area (Å²) >= 11 is 0. The van der Waals surface area contributed by atoms with Gasteiger partial charge in [0.15, 0.2) is 12.4 Å². The monoisotopic (exact) mass is 260 g/mol. The summed E-state index contributed by atoms with van der Waals surface area (Å²) in [5.74, 6) is -0.260. The molecule has 0 aromatic heterocycles. The summed E-state index contributed by atoms with van der Waals surface area (Å²) in [5, 5.41) is 21.7. The van der Waals surface area contributed by atoms with Crippen molar-refractivity contribution in [2.45, 2.75) is 37.4 Å². The number of ether oxygens (including phenoxy) is 1. The Kier molecular flexibility index (Phi) is 3.56. The summed E-state index contributed by atoms with van der Waals surface area (Å²) < 4.78 is 19.6. The molecular weight excluding hydrogens is 243 g/mol. The second-order valence-corrected chi connectivity index (χ2v) is 4.50. The summed E-state index contributed by atoms with van der Waals surface area (Å²) in [6.07, 6.45) is -1.06. The normalized spacial score (nSPS) is 40.1. The van der Waals surface area contributed by atoms with Gasteiger partial charge >= 0.3 is 0 Å². The van der Waals surface area contributed by atoms with Gasteiger partial charge in [-0.15, -0.1) is 0 Å². The van der Waals surface area contributed by atoms with Crippen LogP contribution in [-0.2, 0) is 9.53 Å². The number of hydrogen-bond acceptors (Lipinski definition) is 5. The van der Waals surface area contributed by atoms with E-state index in [4.69, 9.17) is 4.74 Å². The highest BCUT2D eigenvalue weighted by Gasteiger charge is 2.55. The lowest BCUT2D eigenvalue weighted by molar-refractivity contribution is -0.144. The number of hydrogen-bond donors (Lipinski definition) is 3. The van der Waals surface area contributed by atoms with Crippen molar-refractivity contribution in [3.8, 4) is 0 Å². The number of nitrogens with one attached hydrogen (secondary N) is 1. The fourth-order valence-corrected chi connectivity index (χ4v) is 2.23. The van der Waals surface area contributed by atoms with Crippen LogP contribution in [0.1, 0.15) is 13.3 Å². The molecule has 102 valence electrons. The van der Waals surface area contributed by atoms with Crippen LogP contribution in [0.15, 0.2) is 12.3 Å². The molecule has 2 rings (SSSR count). The number of aliphatic hydroxyl groups excluding tert-OH is 2. The molecule has 1 saturated heterocycles. The van der Waals surface area contributed by atoms with Gasteiger partial charge in [-0.3, -0.25) is 4.79 Å². The number of aliphatic hydroxyl groups is 2. The van der Waals surface area contributed by atoms with Crippen LogP contribution in [-0.4, -0.2) is 58.4 Å². The molecule has 0 spiro atoms. The van der Waals surface area contributed by atoms with Crippen molar-refractivity contribution in [2.24, 2.45) is 0 Å². The third-order valence-electron chi connectivity index (χ3n) is 3.51. The molecule has 0 saturated carbocycles. The van der Waals surface area contributed by atoms with Gasteiger partial charge in [0.2, 0.25) is 5.91 Å². The number of carbonyl (C=O) groups excluding carboxylic acids is 1. The van der Waals surface area contributed by atoms with Crippen LogP contribution in [0.5, 0.6) is 0 Å². The van der Waals surface area contributed by atoms with Gasteiger partial charge in [-0.25, -0.2) is 4.39 Å². The van der Waals surface area contributed by atoms with Gasteiger partial charge in [-0.05, 0) is 6.42 Å².